The molecule has 1 aliphatic carbocycles. The van der Waals surface area contributed by atoms with Crippen LogP contribution in [-0.2, 0) is 16.1 Å². The number of carbonyl (C=O) groups is 2. The molecule has 1 saturated carbocycles. The minimum Gasteiger partial charge on any atom is -0.345 e. The van der Waals surface area contributed by atoms with Crippen molar-refractivity contribution in [2.45, 2.75) is 45.2 Å². The highest BCUT2D eigenvalue weighted by Gasteiger charge is 2.25. The number of hydrogen-bond acceptors (Lipinski definition) is 2. The molecular formula is C16H21ClN2O2. The summed E-state index contributed by atoms with van der Waals surface area (Å²) in [5.74, 6) is -0.729. The van der Waals surface area contributed by atoms with Gasteiger partial charge < -0.3 is 10.6 Å². The Labute approximate surface area is 130 Å². The summed E-state index contributed by atoms with van der Waals surface area (Å²) in [4.78, 5) is 23.7. The number of rotatable bonds is 3. The standard InChI is InChI=1S/C16H21ClN2O2/c1-11-6-2-5-9-14(11)19-16(21)15(20)18-10-12-7-3-4-8-13(12)17/h3-4,7-8,11,14H,2,5-6,9-10H2,1H3,(H,18,20)(H,19,21). The molecule has 0 spiro atoms. The monoisotopic (exact) mass is 308 g/mol. The number of carbonyl (C=O) groups excluding carboxylic acids is 2. The molecular weight excluding hydrogens is 288 g/mol. The third-order valence-corrected chi connectivity index (χ3v) is 4.40. The van der Waals surface area contributed by atoms with Crippen LogP contribution in [0, 0.1) is 5.92 Å². The molecule has 2 amide bonds. The SMILES string of the molecule is CC1CCCCC1NC(=O)C(=O)NCc1ccccc1Cl. The van der Waals surface area contributed by atoms with Gasteiger partial charge in [-0.3, -0.25) is 9.59 Å². The summed E-state index contributed by atoms with van der Waals surface area (Å²) in [5, 5.41) is 6.03. The lowest BCUT2D eigenvalue weighted by Crippen LogP contribution is -2.47. The van der Waals surface area contributed by atoms with Gasteiger partial charge in [-0.1, -0.05) is 49.6 Å². The molecule has 0 heterocycles. The van der Waals surface area contributed by atoms with Gasteiger partial charge in [0.2, 0.25) is 0 Å². The summed E-state index contributed by atoms with van der Waals surface area (Å²) in [6.07, 6.45) is 4.36. The Bertz CT molecular complexity index is 519. The topological polar surface area (TPSA) is 58.2 Å². The number of amides is 2. The molecule has 0 aromatic heterocycles. The molecule has 21 heavy (non-hydrogen) atoms. The highest BCUT2D eigenvalue weighted by Crippen LogP contribution is 2.23. The Hall–Kier alpha value is -1.55. The van der Waals surface area contributed by atoms with Crippen LogP contribution in [0.5, 0.6) is 0 Å². The van der Waals surface area contributed by atoms with Crippen molar-refractivity contribution >= 4 is 23.4 Å². The normalized spacial score (nSPS) is 21.6. The molecule has 2 unspecified atom stereocenters. The van der Waals surface area contributed by atoms with Crippen molar-refractivity contribution in [2.24, 2.45) is 5.92 Å². The van der Waals surface area contributed by atoms with Gasteiger partial charge in [-0.05, 0) is 30.4 Å². The zero-order valence-electron chi connectivity index (χ0n) is 12.2. The van der Waals surface area contributed by atoms with Crippen LogP contribution >= 0.6 is 11.6 Å². The van der Waals surface area contributed by atoms with E-state index in [4.69, 9.17) is 11.6 Å². The highest BCUT2D eigenvalue weighted by atomic mass is 35.5. The Morgan fingerprint density at radius 2 is 1.90 bits per heavy atom. The van der Waals surface area contributed by atoms with E-state index in [9.17, 15) is 9.59 Å². The summed E-state index contributed by atoms with van der Waals surface area (Å²) in [6, 6.07) is 7.36. The van der Waals surface area contributed by atoms with E-state index in [0.29, 0.717) is 10.9 Å². The second-order valence-corrected chi connectivity index (χ2v) is 6.02. The molecule has 0 aliphatic heterocycles. The zero-order chi connectivity index (χ0) is 15.2. The quantitative estimate of drug-likeness (QED) is 0.843. The van der Waals surface area contributed by atoms with Gasteiger partial charge in [-0.25, -0.2) is 0 Å². The molecule has 114 valence electrons. The van der Waals surface area contributed by atoms with Crippen molar-refractivity contribution in [2.75, 3.05) is 0 Å². The number of nitrogens with one attached hydrogen (secondary N) is 2. The molecule has 2 rings (SSSR count). The summed E-state index contributed by atoms with van der Waals surface area (Å²) >= 11 is 6.01. The first kappa shape index (κ1) is 15.8. The molecule has 0 radical (unpaired) electrons. The van der Waals surface area contributed by atoms with Crippen LogP contribution in [0.4, 0.5) is 0 Å². The Balaban J connectivity index is 1.82. The van der Waals surface area contributed by atoms with Gasteiger partial charge in [0.25, 0.3) is 0 Å². The molecule has 1 aromatic carbocycles. The summed E-state index contributed by atoms with van der Waals surface area (Å²) < 4.78 is 0. The van der Waals surface area contributed by atoms with Gasteiger partial charge in [0.1, 0.15) is 0 Å². The second-order valence-electron chi connectivity index (χ2n) is 5.62. The van der Waals surface area contributed by atoms with E-state index < -0.39 is 11.8 Å². The van der Waals surface area contributed by atoms with Crippen LogP contribution in [0.1, 0.15) is 38.2 Å². The maximum atomic E-state index is 11.9. The minimum atomic E-state index is -0.604. The van der Waals surface area contributed by atoms with E-state index in [-0.39, 0.29) is 12.6 Å². The molecule has 5 heteroatoms. The Morgan fingerprint density at radius 3 is 2.62 bits per heavy atom. The van der Waals surface area contributed by atoms with Crippen LogP contribution in [0.2, 0.25) is 5.02 Å². The molecule has 1 aliphatic rings. The fourth-order valence-corrected chi connectivity index (χ4v) is 2.86. The molecule has 2 N–H and O–H groups in total. The number of halogens is 1. The lowest BCUT2D eigenvalue weighted by Gasteiger charge is -2.29. The predicted molar refractivity (Wildman–Crippen MR) is 82.9 cm³/mol. The maximum Gasteiger partial charge on any atom is 0.309 e. The van der Waals surface area contributed by atoms with Gasteiger partial charge in [0, 0.05) is 17.6 Å². The van der Waals surface area contributed by atoms with Crippen molar-refractivity contribution in [3.63, 3.8) is 0 Å². The van der Waals surface area contributed by atoms with Crippen molar-refractivity contribution in [3.8, 4) is 0 Å². The van der Waals surface area contributed by atoms with Crippen LogP contribution in [0.15, 0.2) is 24.3 Å². The summed E-state index contributed by atoms with van der Waals surface area (Å²) in [5.41, 5.74) is 0.798. The zero-order valence-corrected chi connectivity index (χ0v) is 13.0. The first-order valence-electron chi connectivity index (χ1n) is 7.40. The molecule has 1 aromatic rings. The van der Waals surface area contributed by atoms with Gasteiger partial charge in [0.15, 0.2) is 0 Å². The van der Waals surface area contributed by atoms with E-state index in [1.807, 2.05) is 18.2 Å². The summed E-state index contributed by atoms with van der Waals surface area (Å²) in [7, 11) is 0. The smallest absolute Gasteiger partial charge is 0.309 e. The Kier molecular flexibility index (Phi) is 5.62. The number of benzene rings is 1. The molecule has 4 nitrogen and oxygen atoms in total. The third kappa shape index (κ3) is 4.46. The third-order valence-electron chi connectivity index (χ3n) is 4.03. The molecule has 2 atom stereocenters. The van der Waals surface area contributed by atoms with Gasteiger partial charge >= 0.3 is 11.8 Å². The van der Waals surface area contributed by atoms with E-state index in [1.165, 1.54) is 6.42 Å². The van der Waals surface area contributed by atoms with Crippen molar-refractivity contribution in [1.82, 2.24) is 10.6 Å². The van der Waals surface area contributed by atoms with Gasteiger partial charge in [0.05, 0.1) is 0 Å². The minimum absolute atomic E-state index is 0.109. The second kappa shape index (κ2) is 7.46. The molecule has 1 fully saturated rings. The van der Waals surface area contributed by atoms with Crippen LogP contribution in [-0.4, -0.2) is 17.9 Å². The first-order valence-corrected chi connectivity index (χ1v) is 7.78. The largest absolute Gasteiger partial charge is 0.345 e. The fraction of sp³-hybridized carbons (Fsp3) is 0.500. The van der Waals surface area contributed by atoms with Crippen LogP contribution in [0.25, 0.3) is 0 Å². The van der Waals surface area contributed by atoms with E-state index in [1.54, 1.807) is 6.07 Å². The van der Waals surface area contributed by atoms with Crippen molar-refractivity contribution in [1.29, 1.82) is 0 Å². The van der Waals surface area contributed by atoms with E-state index >= 15 is 0 Å². The van der Waals surface area contributed by atoms with Gasteiger partial charge in [-0.2, -0.15) is 0 Å². The van der Waals surface area contributed by atoms with Crippen LogP contribution in [0.3, 0.4) is 0 Å². The summed E-state index contributed by atoms with van der Waals surface area (Å²) in [6.45, 7) is 2.37. The van der Waals surface area contributed by atoms with E-state index in [0.717, 1.165) is 24.8 Å². The maximum absolute atomic E-state index is 11.9. The average molecular weight is 309 g/mol. The average Bonchev–Trinajstić information content (AvgIpc) is 2.48. The predicted octanol–water partition coefficient (Wildman–Crippen LogP) is 2.65. The fourth-order valence-electron chi connectivity index (χ4n) is 2.66. The molecule has 0 saturated heterocycles. The lowest BCUT2D eigenvalue weighted by atomic mass is 9.86. The highest BCUT2D eigenvalue weighted by molar-refractivity contribution is 6.35. The van der Waals surface area contributed by atoms with Crippen molar-refractivity contribution in [3.05, 3.63) is 34.9 Å². The van der Waals surface area contributed by atoms with Crippen molar-refractivity contribution < 1.29 is 9.59 Å². The van der Waals surface area contributed by atoms with E-state index in [2.05, 4.69) is 17.6 Å². The Morgan fingerprint density at radius 1 is 1.19 bits per heavy atom. The van der Waals surface area contributed by atoms with Crippen LogP contribution < -0.4 is 10.6 Å². The molecule has 0 bridgehead atoms. The first-order chi connectivity index (χ1) is 10.1. The van der Waals surface area contributed by atoms with Gasteiger partial charge in [-0.15, -0.1) is 0 Å². The lowest BCUT2D eigenvalue weighted by molar-refractivity contribution is -0.140. The number of hydrogen-bond donors (Lipinski definition) is 2.